The van der Waals surface area contributed by atoms with Crippen LogP contribution in [0.3, 0.4) is 0 Å². The second kappa shape index (κ2) is 4.65. The van der Waals surface area contributed by atoms with Gasteiger partial charge in [-0.15, -0.1) is 0 Å². The van der Waals surface area contributed by atoms with Crippen LogP contribution in [0.2, 0.25) is 0 Å². The molecule has 0 aliphatic heterocycles. The Morgan fingerprint density at radius 2 is 1.81 bits per heavy atom. The summed E-state index contributed by atoms with van der Waals surface area (Å²) < 4.78 is 24.1. The molecular weight excluding hydrogens is 222 g/mol. The monoisotopic (exact) mass is 247 g/mol. The van der Waals surface area contributed by atoms with Crippen molar-refractivity contribution in [2.75, 3.05) is 6.54 Å². The van der Waals surface area contributed by atoms with Crippen molar-refractivity contribution in [3.63, 3.8) is 0 Å². The van der Waals surface area contributed by atoms with E-state index >= 15 is 0 Å². The van der Waals surface area contributed by atoms with Crippen molar-refractivity contribution in [1.29, 1.82) is 0 Å². The summed E-state index contributed by atoms with van der Waals surface area (Å²) >= 11 is 0. The van der Waals surface area contributed by atoms with E-state index in [9.17, 15) is 8.42 Å². The molecule has 3 atom stereocenters. The normalized spacial score (nSPS) is 31.9. The Morgan fingerprint density at radius 3 is 2.25 bits per heavy atom. The molecule has 16 heavy (non-hydrogen) atoms. The summed E-state index contributed by atoms with van der Waals surface area (Å²) in [7, 11) is -3.02. The lowest BCUT2D eigenvalue weighted by Crippen LogP contribution is -2.42. The summed E-state index contributed by atoms with van der Waals surface area (Å²) in [5.41, 5.74) is 0. The minimum atomic E-state index is -3.02. The molecule has 0 aromatic heterocycles. The number of hydrogen-bond donors (Lipinski definition) is 1. The van der Waals surface area contributed by atoms with Crippen LogP contribution in [-0.4, -0.2) is 31.0 Å². The highest BCUT2D eigenvalue weighted by molar-refractivity contribution is 7.93. The summed E-state index contributed by atoms with van der Waals surface area (Å²) in [6.45, 7) is 10.4. The van der Waals surface area contributed by atoms with E-state index in [1.165, 1.54) is 0 Å². The Morgan fingerprint density at radius 1 is 1.25 bits per heavy atom. The molecule has 1 N–H and O–H groups in total. The van der Waals surface area contributed by atoms with E-state index in [-0.39, 0.29) is 11.2 Å². The van der Waals surface area contributed by atoms with E-state index in [0.717, 1.165) is 19.4 Å². The van der Waals surface area contributed by atoms with Gasteiger partial charge in [-0.25, -0.2) is 8.42 Å². The molecule has 96 valence electrons. The van der Waals surface area contributed by atoms with Crippen molar-refractivity contribution in [3.05, 3.63) is 0 Å². The third-order valence-corrected chi connectivity index (χ3v) is 6.87. The van der Waals surface area contributed by atoms with E-state index < -0.39 is 14.6 Å². The summed E-state index contributed by atoms with van der Waals surface area (Å²) in [5, 5.41) is 3.21. The molecular formula is C12H25NO2S. The van der Waals surface area contributed by atoms with Crippen LogP contribution in [0.4, 0.5) is 0 Å². The molecule has 0 aromatic rings. The fourth-order valence-electron chi connectivity index (χ4n) is 2.57. The van der Waals surface area contributed by atoms with Gasteiger partial charge in [0, 0.05) is 6.04 Å². The van der Waals surface area contributed by atoms with Gasteiger partial charge in [0.15, 0.2) is 9.84 Å². The average Bonchev–Trinajstić information content (AvgIpc) is 2.47. The van der Waals surface area contributed by atoms with Gasteiger partial charge in [-0.3, -0.25) is 0 Å². The molecule has 0 radical (unpaired) electrons. The number of nitrogens with one attached hydrogen (secondary N) is 1. The Kier molecular flexibility index (Phi) is 4.06. The van der Waals surface area contributed by atoms with Gasteiger partial charge in [-0.05, 0) is 46.1 Å². The molecule has 0 heterocycles. The molecule has 3 unspecified atom stereocenters. The smallest absolute Gasteiger partial charge is 0.158 e. The molecule has 1 saturated carbocycles. The maximum Gasteiger partial charge on any atom is 0.158 e. The zero-order chi connectivity index (χ0) is 12.6. The van der Waals surface area contributed by atoms with E-state index in [2.05, 4.69) is 19.2 Å². The molecule has 1 fully saturated rings. The van der Waals surface area contributed by atoms with E-state index in [1.807, 2.05) is 0 Å². The minimum Gasteiger partial charge on any atom is -0.314 e. The first-order valence-electron chi connectivity index (χ1n) is 6.18. The molecule has 1 aliphatic carbocycles. The predicted molar refractivity (Wildman–Crippen MR) is 68.3 cm³/mol. The molecule has 0 saturated heterocycles. The fourth-order valence-corrected chi connectivity index (χ4v) is 4.68. The summed E-state index contributed by atoms with van der Waals surface area (Å²) in [5.74, 6) is 0.226. The lowest BCUT2D eigenvalue weighted by Gasteiger charge is -2.28. The third kappa shape index (κ3) is 2.43. The quantitative estimate of drug-likeness (QED) is 0.829. The highest BCUT2D eigenvalue weighted by Crippen LogP contribution is 2.36. The maximum absolute atomic E-state index is 12.4. The van der Waals surface area contributed by atoms with Gasteiger partial charge in [-0.1, -0.05) is 13.8 Å². The molecule has 1 aliphatic rings. The second-order valence-electron chi connectivity index (χ2n) is 5.80. The van der Waals surface area contributed by atoms with Crippen molar-refractivity contribution in [1.82, 2.24) is 5.32 Å². The summed E-state index contributed by atoms with van der Waals surface area (Å²) in [6.07, 6.45) is 1.79. The van der Waals surface area contributed by atoms with Crippen molar-refractivity contribution in [2.24, 2.45) is 5.92 Å². The van der Waals surface area contributed by atoms with Gasteiger partial charge >= 0.3 is 0 Å². The first-order valence-corrected chi connectivity index (χ1v) is 7.73. The van der Waals surface area contributed by atoms with Crippen LogP contribution in [-0.2, 0) is 9.84 Å². The molecule has 4 heteroatoms. The van der Waals surface area contributed by atoms with Gasteiger partial charge in [0.2, 0.25) is 0 Å². The molecule has 0 bridgehead atoms. The van der Waals surface area contributed by atoms with Gasteiger partial charge in [-0.2, -0.15) is 0 Å². The molecule has 0 aromatic carbocycles. The van der Waals surface area contributed by atoms with Crippen LogP contribution >= 0.6 is 0 Å². The first-order chi connectivity index (χ1) is 7.21. The van der Waals surface area contributed by atoms with E-state index in [4.69, 9.17) is 0 Å². The Bertz CT molecular complexity index is 329. The number of sulfone groups is 1. The standard InChI is InChI=1S/C12H25NO2S/c1-6-13-10-7-8-11(9(10)2)16(14,15)12(3,4)5/h9-11,13H,6-8H2,1-5H3. The third-order valence-electron chi connectivity index (χ3n) is 3.70. The number of hydrogen-bond acceptors (Lipinski definition) is 3. The van der Waals surface area contributed by atoms with Gasteiger partial charge in [0.1, 0.15) is 0 Å². The minimum absolute atomic E-state index is 0.170. The summed E-state index contributed by atoms with van der Waals surface area (Å²) in [6, 6.07) is 0.368. The van der Waals surface area contributed by atoms with Crippen LogP contribution in [0.25, 0.3) is 0 Å². The van der Waals surface area contributed by atoms with Gasteiger partial charge in [0.25, 0.3) is 0 Å². The second-order valence-corrected chi connectivity index (χ2v) is 8.72. The van der Waals surface area contributed by atoms with Crippen LogP contribution in [0, 0.1) is 5.92 Å². The van der Waals surface area contributed by atoms with Crippen molar-refractivity contribution in [2.45, 2.75) is 63.5 Å². The van der Waals surface area contributed by atoms with Crippen LogP contribution in [0.1, 0.15) is 47.5 Å². The van der Waals surface area contributed by atoms with Crippen molar-refractivity contribution >= 4 is 9.84 Å². The fraction of sp³-hybridized carbons (Fsp3) is 1.00. The average molecular weight is 247 g/mol. The van der Waals surface area contributed by atoms with Gasteiger partial charge in [0.05, 0.1) is 10.00 Å². The highest BCUT2D eigenvalue weighted by atomic mass is 32.2. The van der Waals surface area contributed by atoms with Crippen LogP contribution in [0.5, 0.6) is 0 Å². The highest BCUT2D eigenvalue weighted by Gasteiger charge is 2.45. The Labute approximate surface area is 99.9 Å². The Hall–Kier alpha value is -0.0900. The van der Waals surface area contributed by atoms with Crippen LogP contribution < -0.4 is 5.32 Å². The lowest BCUT2D eigenvalue weighted by atomic mass is 10.1. The van der Waals surface area contributed by atoms with Crippen molar-refractivity contribution < 1.29 is 8.42 Å². The maximum atomic E-state index is 12.4. The van der Waals surface area contributed by atoms with E-state index in [1.54, 1.807) is 20.8 Å². The van der Waals surface area contributed by atoms with Gasteiger partial charge < -0.3 is 5.32 Å². The number of rotatable bonds is 3. The lowest BCUT2D eigenvalue weighted by molar-refractivity contribution is 0.429. The largest absolute Gasteiger partial charge is 0.314 e. The van der Waals surface area contributed by atoms with Crippen molar-refractivity contribution in [3.8, 4) is 0 Å². The molecule has 3 nitrogen and oxygen atoms in total. The first kappa shape index (κ1) is 14.0. The SMILES string of the molecule is CCNC1CCC(S(=O)(=O)C(C)(C)C)C1C. The van der Waals surface area contributed by atoms with Crippen LogP contribution in [0.15, 0.2) is 0 Å². The molecule has 1 rings (SSSR count). The Balaban J connectivity index is 2.86. The zero-order valence-electron chi connectivity index (χ0n) is 11.1. The zero-order valence-corrected chi connectivity index (χ0v) is 11.9. The van der Waals surface area contributed by atoms with E-state index in [0.29, 0.717) is 6.04 Å². The molecule has 0 amide bonds. The summed E-state index contributed by atoms with van der Waals surface area (Å²) in [4.78, 5) is 0. The topological polar surface area (TPSA) is 46.2 Å². The predicted octanol–water partition coefficient (Wildman–Crippen LogP) is 1.98. The molecule has 0 spiro atoms.